The number of methoxy groups -OCH3 is 1. The lowest BCUT2D eigenvalue weighted by atomic mass is 10.2. The average molecular weight is 392 g/mol. The smallest absolute Gasteiger partial charge is 0.294 e. The first kappa shape index (κ1) is 20.8. The van der Waals surface area contributed by atoms with Gasteiger partial charge in [-0.15, -0.1) is 0 Å². The number of amides is 3. The van der Waals surface area contributed by atoms with Crippen molar-refractivity contribution >= 4 is 34.9 Å². The number of ether oxygens (including phenoxy) is 2. The molecule has 1 aliphatic rings. The fourth-order valence-corrected chi connectivity index (χ4v) is 3.49. The first-order chi connectivity index (χ1) is 12.9. The lowest BCUT2D eigenvalue weighted by molar-refractivity contribution is -0.135. The zero-order valence-corrected chi connectivity index (χ0v) is 16.8. The van der Waals surface area contributed by atoms with E-state index in [1.807, 2.05) is 20.8 Å². The predicted molar refractivity (Wildman–Crippen MR) is 105 cm³/mol. The molecule has 146 valence electrons. The van der Waals surface area contributed by atoms with Gasteiger partial charge in [-0.2, -0.15) is 0 Å². The number of rotatable bonds is 8. The minimum absolute atomic E-state index is 0.240. The van der Waals surface area contributed by atoms with Gasteiger partial charge in [0, 0.05) is 13.1 Å². The molecular weight excluding hydrogens is 368 g/mol. The molecule has 27 heavy (non-hydrogen) atoms. The summed E-state index contributed by atoms with van der Waals surface area (Å²) in [4.78, 5) is 39.8. The Morgan fingerprint density at radius 3 is 2.48 bits per heavy atom. The Kier molecular flexibility index (Phi) is 7.29. The summed E-state index contributed by atoms with van der Waals surface area (Å²) in [6, 6.07) is 5.27. The third kappa shape index (κ3) is 4.82. The Hall–Kier alpha value is -2.48. The highest BCUT2D eigenvalue weighted by molar-refractivity contribution is 8.18. The van der Waals surface area contributed by atoms with Crippen LogP contribution in [0.2, 0.25) is 0 Å². The monoisotopic (exact) mass is 392 g/mol. The van der Waals surface area contributed by atoms with Crippen LogP contribution in [0.15, 0.2) is 23.1 Å². The zero-order valence-electron chi connectivity index (χ0n) is 16.0. The molecule has 0 bridgehead atoms. The second-order valence-corrected chi connectivity index (χ2v) is 6.67. The van der Waals surface area contributed by atoms with Crippen LogP contribution in [0.5, 0.6) is 11.5 Å². The van der Waals surface area contributed by atoms with Gasteiger partial charge in [0.2, 0.25) is 5.91 Å². The van der Waals surface area contributed by atoms with Crippen molar-refractivity contribution < 1.29 is 23.9 Å². The molecular formula is C19H24N2O5S. The normalized spacial score (nSPS) is 15.4. The van der Waals surface area contributed by atoms with Crippen LogP contribution >= 0.6 is 11.8 Å². The summed E-state index contributed by atoms with van der Waals surface area (Å²) in [5.74, 6) is 0.446. The van der Waals surface area contributed by atoms with Crippen molar-refractivity contribution in [1.29, 1.82) is 0 Å². The zero-order chi connectivity index (χ0) is 20.0. The lowest BCUT2D eigenvalue weighted by Crippen LogP contribution is -2.41. The fraction of sp³-hybridized carbons (Fsp3) is 0.421. The number of benzene rings is 1. The molecule has 8 heteroatoms. The van der Waals surface area contributed by atoms with Crippen LogP contribution in [0.4, 0.5) is 4.79 Å². The molecule has 0 aromatic heterocycles. The number of imide groups is 1. The SMILES string of the molecule is CCOc1ccc(/C=C2\SC(=O)N(CC(=O)N(CC)CC)C2=O)cc1OC. The van der Waals surface area contributed by atoms with E-state index >= 15 is 0 Å². The minimum Gasteiger partial charge on any atom is -0.493 e. The second kappa shape index (κ2) is 9.45. The predicted octanol–water partition coefficient (Wildman–Crippen LogP) is 3.00. The van der Waals surface area contributed by atoms with Crippen LogP contribution in [0.3, 0.4) is 0 Å². The fourth-order valence-electron chi connectivity index (χ4n) is 2.65. The number of carbonyl (C=O) groups excluding carboxylic acids is 3. The van der Waals surface area contributed by atoms with Crippen molar-refractivity contribution in [1.82, 2.24) is 9.80 Å². The molecule has 0 N–H and O–H groups in total. The number of nitrogens with zero attached hydrogens (tertiary/aromatic N) is 2. The highest BCUT2D eigenvalue weighted by atomic mass is 32.2. The molecule has 0 unspecified atom stereocenters. The third-order valence-corrected chi connectivity index (χ3v) is 4.98. The van der Waals surface area contributed by atoms with Crippen molar-refractivity contribution in [3.8, 4) is 11.5 Å². The first-order valence-corrected chi connectivity index (χ1v) is 9.60. The third-order valence-electron chi connectivity index (χ3n) is 4.07. The van der Waals surface area contributed by atoms with Crippen molar-refractivity contribution in [2.24, 2.45) is 0 Å². The quantitative estimate of drug-likeness (QED) is 0.633. The molecule has 1 aromatic rings. The molecule has 1 aliphatic heterocycles. The van der Waals surface area contributed by atoms with E-state index < -0.39 is 11.1 Å². The van der Waals surface area contributed by atoms with E-state index in [0.29, 0.717) is 36.8 Å². The first-order valence-electron chi connectivity index (χ1n) is 8.79. The Balaban J connectivity index is 2.19. The summed E-state index contributed by atoms with van der Waals surface area (Å²) in [5, 5.41) is -0.440. The van der Waals surface area contributed by atoms with Gasteiger partial charge < -0.3 is 14.4 Å². The van der Waals surface area contributed by atoms with Crippen LogP contribution in [-0.2, 0) is 9.59 Å². The summed E-state index contributed by atoms with van der Waals surface area (Å²) in [5.41, 5.74) is 0.705. The Morgan fingerprint density at radius 1 is 1.19 bits per heavy atom. The van der Waals surface area contributed by atoms with Gasteiger partial charge in [-0.25, -0.2) is 0 Å². The highest BCUT2D eigenvalue weighted by Gasteiger charge is 2.36. The highest BCUT2D eigenvalue weighted by Crippen LogP contribution is 2.34. The van der Waals surface area contributed by atoms with Gasteiger partial charge >= 0.3 is 0 Å². The van der Waals surface area contributed by atoms with Crippen molar-refractivity contribution in [3.63, 3.8) is 0 Å². The molecule has 0 radical (unpaired) electrons. The molecule has 2 rings (SSSR count). The minimum atomic E-state index is -0.460. The van der Waals surface area contributed by atoms with Gasteiger partial charge in [-0.1, -0.05) is 6.07 Å². The summed E-state index contributed by atoms with van der Waals surface area (Å²) >= 11 is 0.829. The Bertz CT molecular complexity index is 758. The van der Waals surface area contributed by atoms with Crippen molar-refractivity contribution in [2.75, 3.05) is 33.4 Å². The average Bonchev–Trinajstić information content (AvgIpc) is 2.91. The number of carbonyl (C=O) groups is 3. The maximum absolute atomic E-state index is 12.6. The van der Waals surface area contributed by atoms with Gasteiger partial charge in [-0.3, -0.25) is 19.3 Å². The molecule has 3 amide bonds. The van der Waals surface area contributed by atoms with E-state index in [1.165, 1.54) is 7.11 Å². The summed E-state index contributed by atoms with van der Waals surface area (Å²) in [7, 11) is 1.54. The van der Waals surface area contributed by atoms with Gasteiger partial charge in [0.05, 0.1) is 18.6 Å². The topological polar surface area (TPSA) is 76.2 Å². The van der Waals surface area contributed by atoms with Crippen LogP contribution in [0, 0.1) is 0 Å². The van der Waals surface area contributed by atoms with E-state index in [-0.39, 0.29) is 17.4 Å². The molecule has 7 nitrogen and oxygen atoms in total. The molecule has 1 aromatic carbocycles. The molecule has 0 aliphatic carbocycles. The summed E-state index contributed by atoms with van der Waals surface area (Å²) < 4.78 is 10.8. The van der Waals surface area contributed by atoms with E-state index in [0.717, 1.165) is 16.7 Å². The standard InChI is InChI=1S/C19H24N2O5S/c1-5-20(6-2)17(22)12-21-18(23)16(27-19(21)24)11-13-8-9-14(26-7-3)15(10-13)25-4/h8-11H,5-7,12H2,1-4H3/b16-11-. The van der Waals surface area contributed by atoms with Crippen LogP contribution in [-0.4, -0.2) is 60.2 Å². The van der Waals surface area contributed by atoms with Crippen LogP contribution < -0.4 is 9.47 Å². The van der Waals surface area contributed by atoms with E-state index in [4.69, 9.17) is 9.47 Å². The number of likely N-dealkylation sites (N-methyl/N-ethyl adjacent to an activating group) is 1. The van der Waals surface area contributed by atoms with E-state index in [9.17, 15) is 14.4 Å². The van der Waals surface area contributed by atoms with Gasteiger partial charge in [-0.05, 0) is 56.3 Å². The van der Waals surface area contributed by atoms with E-state index in [1.54, 1.807) is 29.2 Å². The number of hydrogen-bond donors (Lipinski definition) is 0. The largest absolute Gasteiger partial charge is 0.493 e. The van der Waals surface area contributed by atoms with Gasteiger partial charge in [0.1, 0.15) is 6.54 Å². The van der Waals surface area contributed by atoms with Crippen molar-refractivity contribution in [2.45, 2.75) is 20.8 Å². The van der Waals surface area contributed by atoms with Gasteiger partial charge in [0.25, 0.3) is 11.1 Å². The van der Waals surface area contributed by atoms with Crippen LogP contribution in [0.25, 0.3) is 6.08 Å². The maximum atomic E-state index is 12.6. The molecule has 1 saturated heterocycles. The Morgan fingerprint density at radius 2 is 1.89 bits per heavy atom. The molecule has 0 atom stereocenters. The molecule has 0 spiro atoms. The number of hydrogen-bond acceptors (Lipinski definition) is 6. The molecule has 0 saturated carbocycles. The second-order valence-electron chi connectivity index (χ2n) is 5.68. The van der Waals surface area contributed by atoms with Crippen LogP contribution in [0.1, 0.15) is 26.3 Å². The van der Waals surface area contributed by atoms with E-state index in [2.05, 4.69) is 0 Å². The van der Waals surface area contributed by atoms with Crippen molar-refractivity contribution in [3.05, 3.63) is 28.7 Å². The lowest BCUT2D eigenvalue weighted by Gasteiger charge is -2.21. The molecule has 1 heterocycles. The van der Waals surface area contributed by atoms with Gasteiger partial charge in [0.15, 0.2) is 11.5 Å². The number of thioether (sulfide) groups is 1. The summed E-state index contributed by atoms with van der Waals surface area (Å²) in [6.07, 6.45) is 1.62. The molecule has 1 fully saturated rings. The maximum Gasteiger partial charge on any atom is 0.294 e. The Labute approximate surface area is 163 Å². The summed E-state index contributed by atoms with van der Waals surface area (Å²) in [6.45, 7) is 6.93.